The Labute approximate surface area is 91.9 Å². The molecule has 0 saturated heterocycles. The summed E-state index contributed by atoms with van der Waals surface area (Å²) in [5.41, 5.74) is -0.206. The van der Waals surface area contributed by atoms with Crippen molar-refractivity contribution in [2.24, 2.45) is 0 Å². The molecule has 0 aromatic heterocycles. The first-order chi connectivity index (χ1) is 7.56. The monoisotopic (exact) mass is 223 g/mol. The molecule has 0 aliphatic heterocycles. The quantitative estimate of drug-likeness (QED) is 0.849. The van der Waals surface area contributed by atoms with Crippen molar-refractivity contribution in [2.45, 2.75) is 19.4 Å². The van der Waals surface area contributed by atoms with Gasteiger partial charge in [-0.05, 0) is 18.6 Å². The Bertz CT molecular complexity index is 439. The van der Waals surface area contributed by atoms with Crippen molar-refractivity contribution in [1.82, 2.24) is 0 Å². The van der Waals surface area contributed by atoms with E-state index in [0.717, 1.165) is 12.1 Å². The SMILES string of the molecule is CCC(C#N)Oc1cc(F)cc(C(=O)O)c1. The Morgan fingerprint density at radius 2 is 2.31 bits per heavy atom. The van der Waals surface area contributed by atoms with Gasteiger partial charge in [-0.2, -0.15) is 5.26 Å². The summed E-state index contributed by atoms with van der Waals surface area (Å²) in [5.74, 6) is -1.90. The predicted octanol–water partition coefficient (Wildman–Crippen LogP) is 2.20. The van der Waals surface area contributed by atoms with Gasteiger partial charge < -0.3 is 9.84 Å². The van der Waals surface area contributed by atoms with Crippen molar-refractivity contribution in [1.29, 1.82) is 5.26 Å². The Kier molecular flexibility index (Phi) is 3.84. The van der Waals surface area contributed by atoms with Crippen molar-refractivity contribution in [2.75, 3.05) is 0 Å². The van der Waals surface area contributed by atoms with Crippen LogP contribution in [0.15, 0.2) is 18.2 Å². The minimum Gasteiger partial charge on any atom is -0.478 e. The van der Waals surface area contributed by atoms with Gasteiger partial charge in [0.1, 0.15) is 17.6 Å². The average Bonchev–Trinajstić information content (AvgIpc) is 2.25. The third-order valence-electron chi connectivity index (χ3n) is 1.91. The van der Waals surface area contributed by atoms with Crippen molar-refractivity contribution in [3.63, 3.8) is 0 Å². The molecule has 4 nitrogen and oxygen atoms in total. The summed E-state index contributed by atoms with van der Waals surface area (Å²) in [7, 11) is 0. The normalized spacial score (nSPS) is 11.6. The van der Waals surface area contributed by atoms with Gasteiger partial charge in [-0.15, -0.1) is 0 Å². The molecule has 1 aromatic rings. The lowest BCUT2D eigenvalue weighted by atomic mass is 10.2. The molecule has 0 radical (unpaired) electrons. The van der Waals surface area contributed by atoms with Crippen LogP contribution in [-0.2, 0) is 0 Å². The van der Waals surface area contributed by atoms with Crippen LogP contribution in [0.2, 0.25) is 0 Å². The van der Waals surface area contributed by atoms with E-state index >= 15 is 0 Å². The third kappa shape index (κ3) is 2.95. The standard InChI is InChI=1S/C11H10FNO3/c1-2-9(6-13)16-10-4-7(11(14)15)3-8(12)5-10/h3-5,9H,2H2,1H3,(H,14,15). The molecule has 5 heteroatoms. The summed E-state index contributed by atoms with van der Waals surface area (Å²) in [6.07, 6.45) is -0.265. The molecule has 0 fully saturated rings. The molecule has 1 unspecified atom stereocenters. The van der Waals surface area contributed by atoms with E-state index < -0.39 is 17.9 Å². The lowest BCUT2D eigenvalue weighted by Crippen LogP contribution is -2.12. The number of carboxylic acids is 1. The van der Waals surface area contributed by atoms with Gasteiger partial charge >= 0.3 is 5.97 Å². The van der Waals surface area contributed by atoms with E-state index in [-0.39, 0.29) is 11.3 Å². The molecule has 84 valence electrons. The first-order valence-corrected chi connectivity index (χ1v) is 4.67. The van der Waals surface area contributed by atoms with E-state index in [1.165, 1.54) is 6.07 Å². The topological polar surface area (TPSA) is 70.3 Å². The van der Waals surface area contributed by atoms with Crippen molar-refractivity contribution >= 4 is 5.97 Å². The molecule has 0 bridgehead atoms. The van der Waals surface area contributed by atoms with Gasteiger partial charge in [0.2, 0.25) is 0 Å². The average molecular weight is 223 g/mol. The summed E-state index contributed by atoms with van der Waals surface area (Å²) >= 11 is 0. The Balaban J connectivity index is 2.97. The van der Waals surface area contributed by atoms with Crippen molar-refractivity contribution in [3.8, 4) is 11.8 Å². The largest absolute Gasteiger partial charge is 0.478 e. The van der Waals surface area contributed by atoms with Crippen molar-refractivity contribution in [3.05, 3.63) is 29.6 Å². The lowest BCUT2D eigenvalue weighted by Gasteiger charge is -2.10. The number of carboxylic acid groups (broad SMARTS) is 1. The minimum atomic E-state index is -1.24. The first kappa shape index (κ1) is 12.0. The first-order valence-electron chi connectivity index (χ1n) is 4.67. The number of halogens is 1. The smallest absolute Gasteiger partial charge is 0.335 e. The fraction of sp³-hybridized carbons (Fsp3) is 0.273. The molecule has 1 aromatic carbocycles. The Morgan fingerprint density at radius 3 is 2.81 bits per heavy atom. The molecule has 0 aliphatic carbocycles. The van der Waals surface area contributed by atoms with Crippen LogP contribution in [0.1, 0.15) is 23.7 Å². The maximum Gasteiger partial charge on any atom is 0.335 e. The van der Waals surface area contributed by atoms with Gasteiger partial charge in [0.25, 0.3) is 0 Å². The van der Waals surface area contributed by atoms with E-state index in [0.29, 0.717) is 6.42 Å². The number of nitriles is 1. The number of benzene rings is 1. The third-order valence-corrected chi connectivity index (χ3v) is 1.91. The maximum absolute atomic E-state index is 13.0. The molecule has 16 heavy (non-hydrogen) atoms. The van der Waals surface area contributed by atoms with Gasteiger partial charge in [-0.1, -0.05) is 6.92 Å². The highest BCUT2D eigenvalue weighted by atomic mass is 19.1. The molecule has 1 N–H and O–H groups in total. The van der Waals surface area contributed by atoms with E-state index in [4.69, 9.17) is 15.1 Å². The second-order valence-electron chi connectivity index (χ2n) is 3.12. The van der Waals surface area contributed by atoms with E-state index in [2.05, 4.69) is 0 Å². The number of ether oxygens (including phenoxy) is 1. The lowest BCUT2D eigenvalue weighted by molar-refractivity contribution is 0.0695. The number of hydrogen-bond acceptors (Lipinski definition) is 3. The van der Waals surface area contributed by atoms with Gasteiger partial charge in [-0.3, -0.25) is 0 Å². The molecule has 0 amide bonds. The number of carbonyl (C=O) groups is 1. The predicted molar refractivity (Wildman–Crippen MR) is 53.7 cm³/mol. The van der Waals surface area contributed by atoms with Crippen LogP contribution < -0.4 is 4.74 Å². The van der Waals surface area contributed by atoms with E-state index in [9.17, 15) is 9.18 Å². The van der Waals surface area contributed by atoms with Crippen LogP contribution in [-0.4, -0.2) is 17.2 Å². The molecule has 0 spiro atoms. The zero-order chi connectivity index (χ0) is 12.1. The summed E-state index contributed by atoms with van der Waals surface area (Å²) in [6.45, 7) is 1.74. The zero-order valence-electron chi connectivity index (χ0n) is 8.61. The Morgan fingerprint density at radius 1 is 1.62 bits per heavy atom. The Hall–Kier alpha value is -2.09. The second kappa shape index (κ2) is 5.12. The fourth-order valence-electron chi connectivity index (χ4n) is 1.12. The maximum atomic E-state index is 13.0. The number of nitrogens with zero attached hydrogens (tertiary/aromatic N) is 1. The molecule has 0 aliphatic rings. The van der Waals surface area contributed by atoms with E-state index in [1.54, 1.807) is 6.92 Å². The molecule has 0 heterocycles. The van der Waals surface area contributed by atoms with Crippen LogP contribution in [0, 0.1) is 17.1 Å². The zero-order valence-corrected chi connectivity index (χ0v) is 8.61. The van der Waals surface area contributed by atoms with Gasteiger partial charge in [0, 0.05) is 6.07 Å². The van der Waals surface area contributed by atoms with Crippen molar-refractivity contribution < 1.29 is 19.0 Å². The summed E-state index contributed by atoms with van der Waals surface area (Å²) in [4.78, 5) is 10.6. The van der Waals surface area contributed by atoms with Crippen LogP contribution >= 0.6 is 0 Å². The van der Waals surface area contributed by atoms with Crippen LogP contribution in [0.25, 0.3) is 0 Å². The van der Waals surface area contributed by atoms with Crippen LogP contribution in [0.3, 0.4) is 0 Å². The van der Waals surface area contributed by atoms with Crippen LogP contribution in [0.5, 0.6) is 5.75 Å². The summed E-state index contributed by atoms with van der Waals surface area (Å²) in [6, 6.07) is 5.00. The number of aromatic carboxylic acids is 1. The van der Waals surface area contributed by atoms with Gasteiger partial charge in [-0.25, -0.2) is 9.18 Å². The molecule has 1 atom stereocenters. The summed E-state index contributed by atoms with van der Waals surface area (Å²) < 4.78 is 18.1. The highest BCUT2D eigenvalue weighted by Gasteiger charge is 2.11. The molecular weight excluding hydrogens is 213 g/mol. The highest BCUT2D eigenvalue weighted by Crippen LogP contribution is 2.18. The fourth-order valence-corrected chi connectivity index (χ4v) is 1.12. The van der Waals surface area contributed by atoms with E-state index in [1.807, 2.05) is 6.07 Å². The minimum absolute atomic E-state index is 0.0470. The van der Waals surface area contributed by atoms with Crippen LogP contribution in [0.4, 0.5) is 4.39 Å². The molecule has 1 rings (SSSR count). The van der Waals surface area contributed by atoms with Gasteiger partial charge in [0.15, 0.2) is 6.10 Å². The molecule has 0 saturated carbocycles. The number of hydrogen-bond donors (Lipinski definition) is 1. The second-order valence-corrected chi connectivity index (χ2v) is 3.12. The molecular formula is C11H10FNO3. The highest BCUT2D eigenvalue weighted by molar-refractivity contribution is 5.88. The number of rotatable bonds is 4. The summed E-state index contributed by atoms with van der Waals surface area (Å²) in [5, 5.41) is 17.3. The van der Waals surface area contributed by atoms with Gasteiger partial charge in [0.05, 0.1) is 5.56 Å².